The van der Waals surface area contributed by atoms with E-state index in [1.165, 1.54) is 90.6 Å². The Hall–Kier alpha value is -1.35. The predicted molar refractivity (Wildman–Crippen MR) is 139 cm³/mol. The molecule has 186 valence electrons. The molecular formula is C29H52O3. The van der Waals surface area contributed by atoms with Crippen LogP contribution in [-0.4, -0.2) is 24.3 Å². The SMILES string of the molecule is CCCCCCCCCCCC/C=C/C=C/[C@@H](O)C/C=C/CCCCCCCC(=O)OC. The smallest absolute Gasteiger partial charge is 0.305 e. The third kappa shape index (κ3) is 24.9. The van der Waals surface area contributed by atoms with Crippen molar-refractivity contribution in [3.63, 3.8) is 0 Å². The van der Waals surface area contributed by atoms with Gasteiger partial charge in [0.15, 0.2) is 0 Å². The van der Waals surface area contributed by atoms with E-state index in [-0.39, 0.29) is 5.97 Å². The minimum Gasteiger partial charge on any atom is -0.469 e. The molecule has 3 nitrogen and oxygen atoms in total. The molecule has 0 unspecified atom stereocenters. The van der Waals surface area contributed by atoms with E-state index in [1.54, 1.807) is 0 Å². The Morgan fingerprint density at radius 3 is 1.84 bits per heavy atom. The van der Waals surface area contributed by atoms with Gasteiger partial charge in [0.05, 0.1) is 13.2 Å². The summed E-state index contributed by atoms with van der Waals surface area (Å²) in [5, 5.41) is 10.00. The Morgan fingerprint density at radius 1 is 0.719 bits per heavy atom. The summed E-state index contributed by atoms with van der Waals surface area (Å²) >= 11 is 0. The molecule has 3 heteroatoms. The Labute approximate surface area is 199 Å². The van der Waals surface area contributed by atoms with Crippen molar-refractivity contribution in [3.05, 3.63) is 36.5 Å². The average molecular weight is 449 g/mol. The molecule has 0 aliphatic rings. The van der Waals surface area contributed by atoms with Crippen LogP contribution in [0.15, 0.2) is 36.5 Å². The van der Waals surface area contributed by atoms with Gasteiger partial charge in [-0.3, -0.25) is 4.79 Å². The van der Waals surface area contributed by atoms with Crippen molar-refractivity contribution in [1.82, 2.24) is 0 Å². The molecule has 0 amide bonds. The third-order valence-electron chi connectivity index (χ3n) is 5.83. The highest BCUT2D eigenvalue weighted by atomic mass is 16.5. The highest BCUT2D eigenvalue weighted by Crippen LogP contribution is 2.11. The van der Waals surface area contributed by atoms with E-state index in [0.29, 0.717) is 12.8 Å². The zero-order chi connectivity index (χ0) is 23.5. The summed E-state index contributed by atoms with van der Waals surface area (Å²) in [7, 11) is 1.44. The van der Waals surface area contributed by atoms with Crippen molar-refractivity contribution >= 4 is 5.97 Å². The van der Waals surface area contributed by atoms with Gasteiger partial charge in [0.2, 0.25) is 0 Å². The van der Waals surface area contributed by atoms with E-state index in [4.69, 9.17) is 0 Å². The van der Waals surface area contributed by atoms with Crippen LogP contribution in [0.4, 0.5) is 0 Å². The largest absolute Gasteiger partial charge is 0.469 e. The fraction of sp³-hybridized carbons (Fsp3) is 0.759. The Kier molecular flexibility index (Phi) is 24.8. The maximum Gasteiger partial charge on any atom is 0.305 e. The molecule has 32 heavy (non-hydrogen) atoms. The summed E-state index contributed by atoms with van der Waals surface area (Å²) in [4.78, 5) is 11.0. The number of unbranched alkanes of at least 4 members (excludes halogenated alkanes) is 15. The number of carbonyl (C=O) groups is 1. The van der Waals surface area contributed by atoms with Gasteiger partial charge in [0.25, 0.3) is 0 Å². The van der Waals surface area contributed by atoms with E-state index in [2.05, 4.69) is 36.0 Å². The van der Waals surface area contributed by atoms with E-state index >= 15 is 0 Å². The molecule has 0 saturated carbocycles. The summed E-state index contributed by atoms with van der Waals surface area (Å²) in [5.41, 5.74) is 0. The van der Waals surface area contributed by atoms with Gasteiger partial charge in [0.1, 0.15) is 0 Å². The molecule has 0 bridgehead atoms. The number of hydrogen-bond donors (Lipinski definition) is 1. The molecule has 0 heterocycles. The van der Waals surface area contributed by atoms with Crippen LogP contribution in [0.3, 0.4) is 0 Å². The molecule has 0 spiro atoms. The van der Waals surface area contributed by atoms with Crippen molar-refractivity contribution in [2.45, 2.75) is 135 Å². The molecule has 0 radical (unpaired) electrons. The second-order valence-corrected chi connectivity index (χ2v) is 8.94. The lowest BCUT2D eigenvalue weighted by Crippen LogP contribution is -1.99. The Morgan fingerprint density at radius 2 is 1.25 bits per heavy atom. The molecular weight excluding hydrogens is 396 g/mol. The van der Waals surface area contributed by atoms with Crippen molar-refractivity contribution in [2.24, 2.45) is 0 Å². The van der Waals surface area contributed by atoms with Crippen molar-refractivity contribution < 1.29 is 14.6 Å². The molecule has 0 saturated heterocycles. The topological polar surface area (TPSA) is 46.5 Å². The lowest BCUT2D eigenvalue weighted by Gasteiger charge is -2.01. The second kappa shape index (κ2) is 25.9. The van der Waals surface area contributed by atoms with Gasteiger partial charge < -0.3 is 9.84 Å². The number of esters is 1. The first-order chi connectivity index (χ1) is 15.7. The molecule has 1 atom stereocenters. The quantitative estimate of drug-likeness (QED) is 0.0736. The van der Waals surface area contributed by atoms with Crippen LogP contribution in [0, 0.1) is 0 Å². The number of ether oxygens (including phenoxy) is 1. The monoisotopic (exact) mass is 448 g/mol. The molecule has 0 aromatic rings. The minimum absolute atomic E-state index is 0.106. The van der Waals surface area contributed by atoms with Crippen LogP contribution in [0.5, 0.6) is 0 Å². The zero-order valence-corrected chi connectivity index (χ0v) is 21.2. The van der Waals surface area contributed by atoms with Gasteiger partial charge in [-0.15, -0.1) is 0 Å². The summed E-state index contributed by atoms with van der Waals surface area (Å²) < 4.78 is 4.64. The summed E-state index contributed by atoms with van der Waals surface area (Å²) in [6.45, 7) is 2.27. The van der Waals surface area contributed by atoms with Crippen LogP contribution >= 0.6 is 0 Å². The van der Waals surface area contributed by atoms with Crippen LogP contribution in [0.1, 0.15) is 129 Å². The molecule has 0 fully saturated rings. The van der Waals surface area contributed by atoms with Crippen LogP contribution in [0.2, 0.25) is 0 Å². The molecule has 1 N–H and O–H groups in total. The van der Waals surface area contributed by atoms with Gasteiger partial charge in [-0.05, 0) is 38.5 Å². The Balaban J connectivity index is 3.43. The molecule has 0 aromatic carbocycles. The highest BCUT2D eigenvalue weighted by molar-refractivity contribution is 5.68. The van der Waals surface area contributed by atoms with Gasteiger partial charge in [-0.2, -0.15) is 0 Å². The van der Waals surface area contributed by atoms with E-state index in [1.807, 2.05) is 12.2 Å². The summed E-state index contributed by atoms with van der Waals surface area (Å²) in [6.07, 6.45) is 34.8. The number of aliphatic hydroxyl groups excluding tert-OH is 1. The summed E-state index contributed by atoms with van der Waals surface area (Å²) in [6, 6.07) is 0. The van der Waals surface area contributed by atoms with Gasteiger partial charge in [0, 0.05) is 6.42 Å². The number of hydrogen-bond acceptors (Lipinski definition) is 3. The number of allylic oxidation sites excluding steroid dienone is 4. The maximum atomic E-state index is 11.0. The fourth-order valence-corrected chi connectivity index (χ4v) is 3.71. The van der Waals surface area contributed by atoms with Gasteiger partial charge >= 0.3 is 5.97 Å². The van der Waals surface area contributed by atoms with Crippen molar-refractivity contribution in [3.8, 4) is 0 Å². The Bertz CT molecular complexity index is 479. The third-order valence-corrected chi connectivity index (χ3v) is 5.83. The first kappa shape index (κ1) is 30.6. The van der Waals surface area contributed by atoms with E-state index in [0.717, 1.165) is 25.7 Å². The normalized spacial score (nSPS) is 13.0. The first-order valence-electron chi connectivity index (χ1n) is 13.4. The number of aliphatic hydroxyl groups is 1. The second-order valence-electron chi connectivity index (χ2n) is 8.94. The highest BCUT2D eigenvalue weighted by Gasteiger charge is 1.99. The van der Waals surface area contributed by atoms with Crippen LogP contribution in [0.25, 0.3) is 0 Å². The number of methoxy groups -OCH3 is 1. The maximum absolute atomic E-state index is 11.0. The first-order valence-corrected chi connectivity index (χ1v) is 13.4. The number of rotatable bonds is 23. The standard InChI is InChI=1S/C29H52O3/c1-3-4-5-6-7-8-9-10-11-12-13-16-19-22-25-28(30)26-23-20-17-14-15-18-21-24-27-29(31)32-2/h16,19-20,22-23,25,28,30H,3-15,17-18,21,24,26-27H2,1-2H3/b19-16+,23-20+,25-22+/t28-/m1/s1. The average Bonchev–Trinajstić information content (AvgIpc) is 2.80. The lowest BCUT2D eigenvalue weighted by molar-refractivity contribution is -0.140. The predicted octanol–water partition coefficient (Wildman–Crippen LogP) is 8.62. The number of carbonyl (C=O) groups excluding carboxylic acids is 1. The molecule has 0 rings (SSSR count). The fourth-order valence-electron chi connectivity index (χ4n) is 3.71. The molecule has 0 aliphatic carbocycles. The van der Waals surface area contributed by atoms with Gasteiger partial charge in [-0.25, -0.2) is 0 Å². The van der Waals surface area contributed by atoms with Crippen LogP contribution < -0.4 is 0 Å². The van der Waals surface area contributed by atoms with Crippen molar-refractivity contribution in [2.75, 3.05) is 7.11 Å². The summed E-state index contributed by atoms with van der Waals surface area (Å²) in [5.74, 6) is -0.106. The molecule has 0 aromatic heterocycles. The van der Waals surface area contributed by atoms with E-state index in [9.17, 15) is 9.90 Å². The van der Waals surface area contributed by atoms with Gasteiger partial charge in [-0.1, -0.05) is 120 Å². The lowest BCUT2D eigenvalue weighted by atomic mass is 10.1. The van der Waals surface area contributed by atoms with E-state index < -0.39 is 6.10 Å². The minimum atomic E-state index is -0.397. The molecule has 0 aliphatic heterocycles. The van der Waals surface area contributed by atoms with Crippen LogP contribution in [-0.2, 0) is 9.53 Å². The zero-order valence-electron chi connectivity index (χ0n) is 21.2. The van der Waals surface area contributed by atoms with Crippen molar-refractivity contribution in [1.29, 1.82) is 0 Å².